The second-order valence-electron chi connectivity index (χ2n) is 13.8. The van der Waals surface area contributed by atoms with Crippen molar-refractivity contribution in [3.05, 3.63) is 182 Å². The molecule has 0 bridgehead atoms. The maximum absolute atomic E-state index is 2.45. The van der Waals surface area contributed by atoms with E-state index in [1.165, 1.54) is 93.4 Å². The van der Waals surface area contributed by atoms with Gasteiger partial charge in [-0.1, -0.05) is 109 Å². The van der Waals surface area contributed by atoms with Crippen LogP contribution in [0.1, 0.15) is 0 Å². The molecule has 3 heteroatoms. The summed E-state index contributed by atoms with van der Waals surface area (Å²) in [6, 6.07) is 66.6. The summed E-state index contributed by atoms with van der Waals surface area (Å²) >= 11 is 0. The maximum atomic E-state index is 2.45. The van der Waals surface area contributed by atoms with Crippen molar-refractivity contribution in [3.8, 4) is 33.6 Å². The summed E-state index contributed by atoms with van der Waals surface area (Å²) in [5.41, 5.74) is 14.5. The zero-order valence-electron chi connectivity index (χ0n) is 28.7. The molecule has 3 heterocycles. The number of aryl methyl sites for hydroxylation is 1. The average molecular weight is 664 g/mol. The lowest BCUT2D eigenvalue weighted by atomic mass is 9.98. The van der Waals surface area contributed by atoms with Crippen molar-refractivity contribution in [1.29, 1.82) is 0 Å². The fourth-order valence-electron chi connectivity index (χ4n) is 8.67. The van der Waals surface area contributed by atoms with E-state index < -0.39 is 0 Å². The number of benzene rings is 8. The highest BCUT2D eigenvalue weighted by molar-refractivity contribution is 6.17. The summed E-state index contributed by atoms with van der Waals surface area (Å²) in [5, 5.41) is 7.58. The fourth-order valence-corrected chi connectivity index (χ4v) is 8.67. The molecule has 0 fully saturated rings. The van der Waals surface area contributed by atoms with Crippen molar-refractivity contribution >= 4 is 65.4 Å². The first-order valence-corrected chi connectivity index (χ1v) is 17.9. The molecular formula is C49H33N3. The van der Waals surface area contributed by atoms with E-state index in [1.54, 1.807) is 0 Å². The maximum Gasteiger partial charge on any atom is 0.0619 e. The van der Waals surface area contributed by atoms with Gasteiger partial charge in [-0.3, -0.25) is 0 Å². The largest absolute Gasteiger partial charge is 0.344 e. The highest BCUT2D eigenvalue weighted by Crippen LogP contribution is 2.42. The summed E-state index contributed by atoms with van der Waals surface area (Å²) in [5.74, 6) is 0. The van der Waals surface area contributed by atoms with Crippen LogP contribution in [0.3, 0.4) is 0 Å². The molecule has 3 aromatic heterocycles. The molecule has 0 saturated heterocycles. The Bertz CT molecular complexity index is 3180. The van der Waals surface area contributed by atoms with E-state index in [9.17, 15) is 0 Å². The fraction of sp³-hybridized carbons (Fsp3) is 0.0204. The van der Waals surface area contributed by atoms with Gasteiger partial charge < -0.3 is 13.7 Å². The van der Waals surface area contributed by atoms with Crippen molar-refractivity contribution in [2.75, 3.05) is 0 Å². The topological polar surface area (TPSA) is 14.8 Å². The van der Waals surface area contributed by atoms with Crippen molar-refractivity contribution in [2.24, 2.45) is 7.05 Å². The second-order valence-corrected chi connectivity index (χ2v) is 13.8. The van der Waals surface area contributed by atoms with Gasteiger partial charge in [0.15, 0.2) is 0 Å². The van der Waals surface area contributed by atoms with Crippen molar-refractivity contribution in [1.82, 2.24) is 13.7 Å². The molecule has 3 nitrogen and oxygen atoms in total. The molecule has 0 N–H and O–H groups in total. The first-order chi connectivity index (χ1) is 25.7. The van der Waals surface area contributed by atoms with Gasteiger partial charge in [0.2, 0.25) is 0 Å². The quantitative estimate of drug-likeness (QED) is 0.178. The Morgan fingerprint density at radius 3 is 1.46 bits per heavy atom. The van der Waals surface area contributed by atoms with Gasteiger partial charge in [-0.2, -0.15) is 0 Å². The molecule has 52 heavy (non-hydrogen) atoms. The second kappa shape index (κ2) is 11.1. The van der Waals surface area contributed by atoms with E-state index in [-0.39, 0.29) is 0 Å². The molecular weight excluding hydrogens is 631 g/mol. The van der Waals surface area contributed by atoms with Gasteiger partial charge >= 0.3 is 0 Å². The van der Waals surface area contributed by atoms with Crippen LogP contribution in [0.25, 0.3) is 99.0 Å². The van der Waals surface area contributed by atoms with Crippen LogP contribution in [-0.2, 0) is 7.05 Å². The number of rotatable bonds is 4. The third kappa shape index (κ3) is 4.14. The zero-order valence-corrected chi connectivity index (χ0v) is 28.7. The molecule has 0 aliphatic heterocycles. The Balaban J connectivity index is 1.16. The van der Waals surface area contributed by atoms with Gasteiger partial charge in [-0.25, -0.2) is 0 Å². The Kier molecular flexibility index (Phi) is 6.17. The minimum Gasteiger partial charge on any atom is -0.344 e. The van der Waals surface area contributed by atoms with Crippen LogP contribution < -0.4 is 0 Å². The van der Waals surface area contributed by atoms with Crippen LogP contribution in [0.15, 0.2) is 182 Å². The van der Waals surface area contributed by atoms with E-state index >= 15 is 0 Å². The SMILES string of the molecule is Cn1c2ccccc2c2cc(-c3ccc4c(c3)c3cccc(-c5ccc6c(c5)c5ccccc5n6-c5ccccc5)c3n4-c3ccccc3)ccc21. The summed E-state index contributed by atoms with van der Waals surface area (Å²) in [4.78, 5) is 0. The standard InChI is InChI=1S/C49H33N3/c1-50-44-21-10-8-17-38(44)41-29-32(23-26-45(41)50)33-24-27-48-43(30-33)40-20-12-19-37(49(40)52(48)36-15-6-3-7-16-36)34-25-28-47-42(31-34)39-18-9-11-22-46(39)51(47)35-13-4-2-5-14-35/h2-31H,1H3. The first kappa shape index (κ1) is 28.9. The summed E-state index contributed by atoms with van der Waals surface area (Å²) in [7, 11) is 2.16. The van der Waals surface area contributed by atoms with E-state index in [0.717, 1.165) is 5.69 Å². The number of para-hydroxylation sites is 5. The van der Waals surface area contributed by atoms with Gasteiger partial charge in [0, 0.05) is 67.3 Å². The molecule has 0 aliphatic rings. The number of aromatic nitrogens is 3. The number of hydrogen-bond acceptors (Lipinski definition) is 0. The smallest absolute Gasteiger partial charge is 0.0619 e. The molecule has 0 aliphatic carbocycles. The average Bonchev–Trinajstić information content (AvgIpc) is 3.83. The molecule has 0 atom stereocenters. The number of fused-ring (bicyclic) bond motifs is 9. The van der Waals surface area contributed by atoms with Crippen molar-refractivity contribution in [3.63, 3.8) is 0 Å². The lowest BCUT2D eigenvalue weighted by Gasteiger charge is -2.12. The van der Waals surface area contributed by atoms with Crippen LogP contribution in [-0.4, -0.2) is 13.7 Å². The summed E-state index contributed by atoms with van der Waals surface area (Å²) < 4.78 is 7.13. The van der Waals surface area contributed by atoms with Gasteiger partial charge in [-0.05, 0) is 89.5 Å². The van der Waals surface area contributed by atoms with E-state index in [0.29, 0.717) is 0 Å². The predicted molar refractivity (Wildman–Crippen MR) is 220 cm³/mol. The predicted octanol–water partition coefficient (Wildman–Crippen LogP) is 12.9. The van der Waals surface area contributed by atoms with Crippen LogP contribution in [0.2, 0.25) is 0 Å². The molecule has 0 saturated carbocycles. The highest BCUT2D eigenvalue weighted by atomic mass is 15.0. The van der Waals surface area contributed by atoms with Crippen LogP contribution in [0.5, 0.6) is 0 Å². The third-order valence-corrected chi connectivity index (χ3v) is 11.0. The molecule has 11 aromatic rings. The Labute approximate surface area is 300 Å². The Morgan fingerprint density at radius 1 is 0.308 bits per heavy atom. The Morgan fingerprint density at radius 2 is 0.750 bits per heavy atom. The lowest BCUT2D eigenvalue weighted by Crippen LogP contribution is -1.95. The molecule has 0 unspecified atom stereocenters. The summed E-state index contributed by atoms with van der Waals surface area (Å²) in [6.07, 6.45) is 0. The van der Waals surface area contributed by atoms with Crippen molar-refractivity contribution < 1.29 is 0 Å². The van der Waals surface area contributed by atoms with Crippen LogP contribution in [0.4, 0.5) is 0 Å². The normalized spacial score (nSPS) is 11.9. The van der Waals surface area contributed by atoms with Gasteiger partial charge in [0.05, 0.1) is 22.1 Å². The third-order valence-electron chi connectivity index (χ3n) is 11.0. The molecule has 0 spiro atoms. The lowest BCUT2D eigenvalue weighted by molar-refractivity contribution is 1.01. The van der Waals surface area contributed by atoms with Gasteiger partial charge in [0.25, 0.3) is 0 Å². The van der Waals surface area contributed by atoms with Gasteiger partial charge in [0.1, 0.15) is 0 Å². The number of nitrogens with zero attached hydrogens (tertiary/aromatic N) is 3. The van der Waals surface area contributed by atoms with E-state index in [4.69, 9.17) is 0 Å². The van der Waals surface area contributed by atoms with Crippen LogP contribution >= 0.6 is 0 Å². The Hall–Kier alpha value is -6.84. The summed E-state index contributed by atoms with van der Waals surface area (Å²) in [6.45, 7) is 0. The molecule has 8 aromatic carbocycles. The molecule has 11 rings (SSSR count). The van der Waals surface area contributed by atoms with Crippen molar-refractivity contribution in [2.45, 2.75) is 0 Å². The minimum atomic E-state index is 1.15. The highest BCUT2D eigenvalue weighted by Gasteiger charge is 2.19. The minimum absolute atomic E-state index is 1.15. The molecule has 244 valence electrons. The van der Waals surface area contributed by atoms with Gasteiger partial charge in [-0.15, -0.1) is 0 Å². The molecule has 0 amide bonds. The zero-order chi connectivity index (χ0) is 34.3. The molecule has 0 radical (unpaired) electrons. The van der Waals surface area contributed by atoms with Crippen LogP contribution in [0, 0.1) is 0 Å². The monoisotopic (exact) mass is 663 g/mol. The number of hydrogen-bond donors (Lipinski definition) is 0. The first-order valence-electron chi connectivity index (χ1n) is 17.9. The van der Waals surface area contributed by atoms with E-state index in [2.05, 4.69) is 203 Å². The van der Waals surface area contributed by atoms with E-state index in [1.807, 2.05) is 0 Å².